The summed E-state index contributed by atoms with van der Waals surface area (Å²) in [6, 6.07) is 7.80. The van der Waals surface area contributed by atoms with Gasteiger partial charge in [-0.25, -0.2) is 14.5 Å². The fourth-order valence-corrected chi connectivity index (χ4v) is 3.33. The summed E-state index contributed by atoms with van der Waals surface area (Å²) in [6.07, 6.45) is 2.14. The molecule has 26 heavy (non-hydrogen) atoms. The molecule has 1 aromatic heterocycles. The van der Waals surface area contributed by atoms with Crippen molar-refractivity contribution in [1.82, 2.24) is 19.7 Å². The van der Waals surface area contributed by atoms with Crippen molar-refractivity contribution in [2.24, 2.45) is 0 Å². The van der Waals surface area contributed by atoms with E-state index in [0.29, 0.717) is 19.7 Å². The van der Waals surface area contributed by atoms with Gasteiger partial charge >= 0.3 is 6.03 Å². The van der Waals surface area contributed by atoms with Gasteiger partial charge in [-0.1, -0.05) is 12.1 Å². The number of amides is 2. The lowest BCUT2D eigenvalue weighted by atomic mass is 10.1. The van der Waals surface area contributed by atoms with Crippen LogP contribution in [0.5, 0.6) is 0 Å². The van der Waals surface area contributed by atoms with Gasteiger partial charge in [0.1, 0.15) is 11.6 Å². The molecule has 0 radical (unpaired) electrons. The normalized spacial score (nSPS) is 17.3. The van der Waals surface area contributed by atoms with Crippen LogP contribution in [-0.4, -0.2) is 51.5 Å². The predicted octanol–water partition coefficient (Wildman–Crippen LogP) is 2.98. The number of hydrogen-bond acceptors (Lipinski definition) is 4. The lowest BCUT2D eigenvalue weighted by Crippen LogP contribution is -2.45. The van der Waals surface area contributed by atoms with Crippen LogP contribution in [0.25, 0.3) is 0 Å². The van der Waals surface area contributed by atoms with Crippen molar-refractivity contribution in [2.75, 3.05) is 25.0 Å². The Labute approximate surface area is 154 Å². The lowest BCUT2D eigenvalue weighted by Gasteiger charge is -2.32. The Bertz CT molecular complexity index is 756. The molecule has 7 nitrogen and oxygen atoms in total. The molecule has 1 N–H and O–H groups in total. The number of piperidine rings is 1. The Morgan fingerprint density at radius 1 is 1.38 bits per heavy atom. The van der Waals surface area contributed by atoms with E-state index in [0.717, 1.165) is 42.3 Å². The van der Waals surface area contributed by atoms with E-state index in [1.54, 1.807) is 0 Å². The number of nitrogens with zero attached hydrogens (tertiary/aromatic N) is 4. The summed E-state index contributed by atoms with van der Waals surface area (Å²) >= 11 is 0. The van der Waals surface area contributed by atoms with E-state index in [2.05, 4.69) is 15.4 Å². The molecule has 3 rings (SSSR count). The number of ether oxygens (including phenoxy) is 1. The Kier molecular flexibility index (Phi) is 5.88. The van der Waals surface area contributed by atoms with Crippen LogP contribution in [0.4, 0.5) is 10.5 Å². The number of aryl methyl sites for hydroxylation is 2. The van der Waals surface area contributed by atoms with Gasteiger partial charge in [0.2, 0.25) is 0 Å². The van der Waals surface area contributed by atoms with Crippen molar-refractivity contribution < 1.29 is 9.53 Å². The van der Waals surface area contributed by atoms with E-state index in [9.17, 15) is 4.79 Å². The smallest absolute Gasteiger partial charge is 0.321 e. The maximum absolute atomic E-state index is 12.6. The molecule has 0 aliphatic carbocycles. The molecule has 0 unspecified atom stereocenters. The van der Waals surface area contributed by atoms with Crippen LogP contribution in [0.2, 0.25) is 0 Å². The zero-order chi connectivity index (χ0) is 18.5. The van der Waals surface area contributed by atoms with Crippen molar-refractivity contribution in [3.05, 3.63) is 41.5 Å². The minimum atomic E-state index is -0.0701. The molecule has 7 heteroatoms. The fraction of sp³-hybridized carbons (Fsp3) is 0.526. The Morgan fingerprint density at radius 2 is 2.23 bits per heavy atom. The summed E-state index contributed by atoms with van der Waals surface area (Å²) in [5.41, 5.74) is 1.86. The number of likely N-dealkylation sites (tertiary alicyclic amines) is 1. The van der Waals surface area contributed by atoms with Crippen molar-refractivity contribution >= 4 is 11.7 Å². The second-order valence-electron chi connectivity index (χ2n) is 6.66. The number of carbonyl (C=O) groups is 1. The molecule has 1 aliphatic heterocycles. The zero-order valence-corrected chi connectivity index (χ0v) is 15.7. The molecule has 2 amide bonds. The molecular formula is C19H27N5O2. The van der Waals surface area contributed by atoms with Crippen LogP contribution >= 0.6 is 0 Å². The molecular weight excluding hydrogens is 330 g/mol. The lowest BCUT2D eigenvalue weighted by molar-refractivity contribution is 0.0181. The number of carbonyl (C=O) groups excluding carboxylic acids is 1. The largest absolute Gasteiger partial charge is 0.377 e. The van der Waals surface area contributed by atoms with E-state index in [1.165, 1.54) is 0 Å². The first kappa shape index (κ1) is 18.4. The van der Waals surface area contributed by atoms with Gasteiger partial charge in [0.15, 0.2) is 0 Å². The summed E-state index contributed by atoms with van der Waals surface area (Å²) < 4.78 is 7.54. The molecule has 140 valence electrons. The van der Waals surface area contributed by atoms with Gasteiger partial charge in [-0.15, -0.1) is 0 Å². The van der Waals surface area contributed by atoms with Gasteiger partial charge in [-0.3, -0.25) is 0 Å². The maximum Gasteiger partial charge on any atom is 0.321 e. The van der Waals surface area contributed by atoms with Crippen molar-refractivity contribution in [3.63, 3.8) is 0 Å². The molecule has 2 heterocycles. The maximum atomic E-state index is 12.6. The van der Waals surface area contributed by atoms with Crippen LogP contribution in [0, 0.1) is 13.8 Å². The van der Waals surface area contributed by atoms with Crippen LogP contribution < -0.4 is 5.32 Å². The van der Waals surface area contributed by atoms with Crippen molar-refractivity contribution in [3.8, 4) is 0 Å². The number of benzene rings is 1. The van der Waals surface area contributed by atoms with Crippen molar-refractivity contribution in [1.29, 1.82) is 0 Å². The van der Waals surface area contributed by atoms with Crippen LogP contribution in [0.3, 0.4) is 0 Å². The third-order valence-electron chi connectivity index (χ3n) is 4.54. The summed E-state index contributed by atoms with van der Waals surface area (Å²) in [6.45, 7) is 8.55. The molecule has 1 fully saturated rings. The minimum absolute atomic E-state index is 0.0701. The highest BCUT2D eigenvalue weighted by atomic mass is 16.5. The molecule has 0 spiro atoms. The highest BCUT2D eigenvalue weighted by Crippen LogP contribution is 2.17. The summed E-state index contributed by atoms with van der Waals surface area (Å²) in [4.78, 5) is 18.7. The van der Waals surface area contributed by atoms with Gasteiger partial charge in [0, 0.05) is 25.4 Å². The fourth-order valence-electron chi connectivity index (χ4n) is 3.33. The quantitative estimate of drug-likeness (QED) is 0.893. The highest BCUT2D eigenvalue weighted by molar-refractivity contribution is 5.89. The zero-order valence-electron chi connectivity index (χ0n) is 15.7. The molecule has 2 aromatic rings. The summed E-state index contributed by atoms with van der Waals surface area (Å²) in [7, 11) is 0. The minimum Gasteiger partial charge on any atom is -0.377 e. The number of hydrogen-bond donors (Lipinski definition) is 1. The van der Waals surface area contributed by atoms with E-state index >= 15 is 0 Å². The van der Waals surface area contributed by atoms with Gasteiger partial charge in [0.25, 0.3) is 0 Å². The predicted molar refractivity (Wildman–Crippen MR) is 100 cm³/mol. The van der Waals surface area contributed by atoms with Gasteiger partial charge in [0.05, 0.1) is 12.6 Å². The monoisotopic (exact) mass is 357 g/mol. The number of urea groups is 1. The van der Waals surface area contributed by atoms with Gasteiger partial charge < -0.3 is 15.0 Å². The first-order valence-electron chi connectivity index (χ1n) is 9.19. The molecule has 1 saturated heterocycles. The molecule has 1 aromatic carbocycles. The molecule has 1 atom stereocenters. The van der Waals surface area contributed by atoms with Crippen LogP contribution in [0.1, 0.15) is 37.0 Å². The molecule has 0 saturated carbocycles. The molecule has 1 aliphatic rings. The Morgan fingerprint density at radius 3 is 2.96 bits per heavy atom. The van der Waals surface area contributed by atoms with E-state index in [-0.39, 0.29) is 12.1 Å². The average molecular weight is 357 g/mol. The Hall–Kier alpha value is -2.41. The van der Waals surface area contributed by atoms with E-state index in [1.807, 2.05) is 54.6 Å². The second kappa shape index (κ2) is 8.31. The second-order valence-corrected chi connectivity index (χ2v) is 6.66. The van der Waals surface area contributed by atoms with Gasteiger partial charge in [-0.2, -0.15) is 5.10 Å². The number of anilines is 1. The van der Waals surface area contributed by atoms with E-state index < -0.39 is 0 Å². The van der Waals surface area contributed by atoms with Gasteiger partial charge in [-0.05, 0) is 51.3 Å². The number of aromatic nitrogens is 3. The average Bonchev–Trinajstić information content (AvgIpc) is 2.93. The Balaban J connectivity index is 1.63. The number of nitrogens with one attached hydrogen (secondary N) is 1. The van der Waals surface area contributed by atoms with Crippen LogP contribution in [0.15, 0.2) is 24.3 Å². The standard InChI is InChI=1S/C19H27N5O2/c1-4-26-18-9-6-10-23(13-18)19(25)21-17-8-5-7-16(11-17)12-24-15(3)20-14(2)22-24/h5,7-8,11,18H,4,6,9-10,12-13H2,1-3H3,(H,21,25)/t18-/m0/s1. The third kappa shape index (κ3) is 4.60. The summed E-state index contributed by atoms with van der Waals surface area (Å²) in [5, 5.41) is 7.40. The third-order valence-corrected chi connectivity index (χ3v) is 4.54. The molecule has 0 bridgehead atoms. The van der Waals surface area contributed by atoms with Crippen molar-refractivity contribution in [2.45, 2.75) is 46.3 Å². The summed E-state index contributed by atoms with van der Waals surface area (Å²) in [5.74, 6) is 1.65. The van der Waals surface area contributed by atoms with Crippen LogP contribution in [-0.2, 0) is 11.3 Å². The first-order valence-corrected chi connectivity index (χ1v) is 9.19. The topological polar surface area (TPSA) is 72.3 Å². The highest BCUT2D eigenvalue weighted by Gasteiger charge is 2.23. The first-order chi connectivity index (χ1) is 12.5. The number of rotatable bonds is 5. The SMILES string of the molecule is CCO[C@H]1CCCN(C(=O)Nc2cccc(Cn3nc(C)nc3C)c2)C1. The van der Waals surface area contributed by atoms with E-state index in [4.69, 9.17) is 4.74 Å².